The fraction of sp³-hybridized carbons (Fsp3) is 0.500. The number of nitrogens with zero attached hydrogens (tertiary/aromatic N) is 2. The van der Waals surface area contributed by atoms with Gasteiger partial charge in [0.2, 0.25) is 0 Å². The number of halogens is 3. The van der Waals surface area contributed by atoms with Gasteiger partial charge in [-0.25, -0.2) is 18.2 Å². The lowest BCUT2D eigenvalue weighted by Gasteiger charge is -2.31. The van der Waals surface area contributed by atoms with Crippen LogP contribution in [0, 0.1) is 29.5 Å². The molecular weight excluding hydrogens is 373 g/mol. The van der Waals surface area contributed by atoms with Crippen molar-refractivity contribution in [3.8, 4) is 0 Å². The molecular formula is C24H27F3N2. The zero-order valence-corrected chi connectivity index (χ0v) is 16.9. The standard InChI is InChI=1S/C24H27F3N2/c1-14-3-5-16(6-4-14)19-12-28-24(29-13-19)17-7-8-20(23(27)9-17)18-10-21(25)15(2)22(26)11-18/h7-12,14-16,19,21H,3-6,13H2,1-2H3. The van der Waals surface area contributed by atoms with Gasteiger partial charge in [-0.2, -0.15) is 0 Å². The highest BCUT2D eigenvalue weighted by atomic mass is 19.1. The second kappa shape index (κ2) is 8.29. The van der Waals surface area contributed by atoms with E-state index in [2.05, 4.69) is 16.9 Å². The highest BCUT2D eigenvalue weighted by molar-refractivity contribution is 6.04. The van der Waals surface area contributed by atoms with Gasteiger partial charge in [-0.15, -0.1) is 0 Å². The molecule has 2 nitrogen and oxygen atoms in total. The smallest absolute Gasteiger partial charge is 0.154 e. The Bertz CT molecular complexity index is 891. The fourth-order valence-corrected chi connectivity index (χ4v) is 4.45. The third-order valence-corrected chi connectivity index (χ3v) is 6.59. The largest absolute Gasteiger partial charge is 0.266 e. The van der Waals surface area contributed by atoms with Crippen molar-refractivity contribution >= 4 is 17.6 Å². The van der Waals surface area contributed by atoms with E-state index in [1.807, 2.05) is 6.21 Å². The molecule has 0 bridgehead atoms. The first-order valence-electron chi connectivity index (χ1n) is 10.5. The Morgan fingerprint density at radius 1 is 1.03 bits per heavy atom. The minimum absolute atomic E-state index is 0.188. The van der Waals surface area contributed by atoms with Gasteiger partial charge in [0, 0.05) is 35.7 Å². The number of hydrogen-bond donors (Lipinski definition) is 0. The molecule has 3 atom stereocenters. The van der Waals surface area contributed by atoms with E-state index in [1.54, 1.807) is 12.1 Å². The summed E-state index contributed by atoms with van der Waals surface area (Å²) in [6.45, 7) is 4.47. The van der Waals surface area contributed by atoms with Gasteiger partial charge in [0.05, 0.1) is 0 Å². The Balaban J connectivity index is 1.48. The highest BCUT2D eigenvalue weighted by Crippen LogP contribution is 2.35. The summed E-state index contributed by atoms with van der Waals surface area (Å²) in [7, 11) is 0. The summed E-state index contributed by atoms with van der Waals surface area (Å²) in [6.07, 6.45) is 7.98. The maximum atomic E-state index is 14.7. The molecule has 0 aromatic heterocycles. The van der Waals surface area contributed by atoms with Crippen LogP contribution in [0.25, 0.3) is 5.57 Å². The molecule has 1 heterocycles. The first-order chi connectivity index (χ1) is 13.9. The molecule has 1 aromatic carbocycles. The van der Waals surface area contributed by atoms with Crippen LogP contribution in [0.1, 0.15) is 50.7 Å². The summed E-state index contributed by atoms with van der Waals surface area (Å²) in [5.41, 5.74) is 1.01. The molecule has 3 unspecified atom stereocenters. The Kier molecular flexibility index (Phi) is 5.75. The summed E-state index contributed by atoms with van der Waals surface area (Å²) in [4.78, 5) is 9.10. The highest BCUT2D eigenvalue weighted by Gasteiger charge is 2.27. The Labute approximate surface area is 170 Å². The van der Waals surface area contributed by atoms with E-state index in [1.165, 1.54) is 50.8 Å². The molecule has 0 amide bonds. The van der Waals surface area contributed by atoms with Crippen molar-refractivity contribution in [3.05, 3.63) is 53.1 Å². The van der Waals surface area contributed by atoms with Crippen LogP contribution < -0.4 is 0 Å². The first-order valence-corrected chi connectivity index (χ1v) is 10.5. The summed E-state index contributed by atoms with van der Waals surface area (Å²) < 4.78 is 42.6. The Morgan fingerprint density at radius 2 is 1.79 bits per heavy atom. The van der Waals surface area contributed by atoms with Crippen molar-refractivity contribution in [3.63, 3.8) is 0 Å². The predicted octanol–water partition coefficient (Wildman–Crippen LogP) is 6.32. The zero-order chi connectivity index (χ0) is 20.5. The molecule has 2 aliphatic carbocycles. The fourth-order valence-electron chi connectivity index (χ4n) is 4.45. The molecule has 5 heteroatoms. The summed E-state index contributed by atoms with van der Waals surface area (Å²) >= 11 is 0. The molecule has 1 aliphatic heterocycles. The first kappa shape index (κ1) is 20.1. The van der Waals surface area contributed by atoms with Crippen LogP contribution in [0.5, 0.6) is 0 Å². The molecule has 0 radical (unpaired) electrons. The average molecular weight is 400 g/mol. The lowest BCUT2D eigenvalue weighted by atomic mass is 9.76. The van der Waals surface area contributed by atoms with E-state index >= 15 is 0 Å². The van der Waals surface area contributed by atoms with Crippen molar-refractivity contribution in [1.29, 1.82) is 0 Å². The van der Waals surface area contributed by atoms with Gasteiger partial charge in [0.1, 0.15) is 17.8 Å². The monoisotopic (exact) mass is 400 g/mol. The second-order valence-electron chi connectivity index (χ2n) is 8.71. The van der Waals surface area contributed by atoms with Crippen LogP contribution in [0.15, 0.2) is 46.2 Å². The SMILES string of the molecule is CC1CCC(C2C=NC(c3ccc(C4=CC(F)C(C)C(F)=C4)c(F)c3)=NC2)CC1. The van der Waals surface area contributed by atoms with E-state index in [4.69, 9.17) is 0 Å². The lowest BCUT2D eigenvalue weighted by Crippen LogP contribution is -2.27. The number of alkyl halides is 1. The maximum absolute atomic E-state index is 14.7. The van der Waals surface area contributed by atoms with Crippen LogP contribution in [0.3, 0.4) is 0 Å². The van der Waals surface area contributed by atoms with Crippen molar-refractivity contribution in [2.24, 2.45) is 33.7 Å². The Morgan fingerprint density at radius 3 is 2.41 bits per heavy atom. The average Bonchev–Trinajstić information content (AvgIpc) is 2.72. The molecule has 1 fully saturated rings. The van der Waals surface area contributed by atoms with Crippen molar-refractivity contribution in [2.45, 2.75) is 45.7 Å². The van der Waals surface area contributed by atoms with Crippen LogP contribution in [-0.4, -0.2) is 24.8 Å². The van der Waals surface area contributed by atoms with Gasteiger partial charge in [-0.1, -0.05) is 38.8 Å². The molecule has 0 saturated heterocycles. The number of aliphatic imine (C=N–C) groups is 2. The van der Waals surface area contributed by atoms with Gasteiger partial charge >= 0.3 is 0 Å². The van der Waals surface area contributed by atoms with Gasteiger partial charge < -0.3 is 0 Å². The summed E-state index contributed by atoms with van der Waals surface area (Å²) in [5.74, 6) is 0.406. The normalized spacial score (nSPS) is 32.4. The molecule has 29 heavy (non-hydrogen) atoms. The van der Waals surface area contributed by atoms with Crippen LogP contribution >= 0.6 is 0 Å². The van der Waals surface area contributed by atoms with E-state index in [-0.39, 0.29) is 11.1 Å². The number of amidine groups is 1. The van der Waals surface area contributed by atoms with Crippen molar-refractivity contribution in [1.82, 2.24) is 0 Å². The minimum Gasteiger partial charge on any atom is -0.266 e. The van der Waals surface area contributed by atoms with E-state index in [0.717, 1.165) is 5.92 Å². The van der Waals surface area contributed by atoms with Gasteiger partial charge in [-0.3, -0.25) is 4.99 Å². The van der Waals surface area contributed by atoms with Crippen molar-refractivity contribution < 1.29 is 13.2 Å². The topological polar surface area (TPSA) is 24.7 Å². The Hall–Kier alpha value is -2.17. The lowest BCUT2D eigenvalue weighted by molar-refractivity contribution is 0.254. The molecule has 1 saturated carbocycles. The van der Waals surface area contributed by atoms with E-state index < -0.39 is 23.7 Å². The van der Waals surface area contributed by atoms with E-state index in [9.17, 15) is 13.2 Å². The van der Waals surface area contributed by atoms with Crippen LogP contribution in [0.4, 0.5) is 13.2 Å². The van der Waals surface area contributed by atoms with Crippen LogP contribution in [0.2, 0.25) is 0 Å². The van der Waals surface area contributed by atoms with Gasteiger partial charge in [0.25, 0.3) is 0 Å². The van der Waals surface area contributed by atoms with Crippen molar-refractivity contribution in [2.75, 3.05) is 6.54 Å². The number of allylic oxidation sites excluding steroid dienone is 4. The molecule has 0 N–H and O–H groups in total. The second-order valence-corrected chi connectivity index (χ2v) is 8.71. The molecule has 3 aliphatic rings. The maximum Gasteiger partial charge on any atom is 0.154 e. The summed E-state index contributed by atoms with van der Waals surface area (Å²) in [5, 5.41) is 0. The predicted molar refractivity (Wildman–Crippen MR) is 112 cm³/mol. The van der Waals surface area contributed by atoms with Gasteiger partial charge in [0.15, 0.2) is 5.84 Å². The van der Waals surface area contributed by atoms with Crippen LogP contribution in [-0.2, 0) is 0 Å². The molecule has 4 rings (SSSR count). The quantitative estimate of drug-likeness (QED) is 0.567. The summed E-state index contributed by atoms with van der Waals surface area (Å²) in [6, 6.07) is 4.62. The number of rotatable bonds is 3. The third kappa shape index (κ3) is 4.24. The number of hydrogen-bond acceptors (Lipinski definition) is 2. The zero-order valence-electron chi connectivity index (χ0n) is 16.9. The molecule has 154 valence electrons. The molecule has 1 aromatic rings. The minimum atomic E-state index is -1.46. The van der Waals surface area contributed by atoms with E-state index in [0.29, 0.717) is 29.8 Å². The van der Waals surface area contributed by atoms with Gasteiger partial charge in [-0.05, 0) is 48.5 Å². The molecule has 0 spiro atoms. The number of benzene rings is 1. The third-order valence-electron chi connectivity index (χ3n) is 6.59.